The molecule has 0 N–H and O–H groups in total. The van der Waals surface area contributed by atoms with Crippen LogP contribution in [0.5, 0.6) is 23.0 Å². The lowest BCUT2D eigenvalue weighted by atomic mass is 10.1. The van der Waals surface area contributed by atoms with Crippen molar-refractivity contribution in [1.82, 2.24) is 4.98 Å². The lowest BCUT2D eigenvalue weighted by Gasteiger charge is -2.09. The maximum Gasteiger partial charge on any atom is 0.161 e. The molecule has 0 spiro atoms. The first-order valence-corrected chi connectivity index (χ1v) is 8.48. The maximum absolute atomic E-state index is 5.45. The number of rotatable bonds is 6. The van der Waals surface area contributed by atoms with E-state index in [-0.39, 0.29) is 0 Å². The number of hydrogen-bond donors (Lipinski definition) is 0. The molecule has 0 saturated heterocycles. The van der Waals surface area contributed by atoms with Gasteiger partial charge >= 0.3 is 0 Å². The van der Waals surface area contributed by atoms with Gasteiger partial charge in [-0.3, -0.25) is 0 Å². The summed E-state index contributed by atoms with van der Waals surface area (Å²) in [4.78, 5) is 4.75. The first kappa shape index (κ1) is 17.1. The minimum atomic E-state index is 0.677. The van der Waals surface area contributed by atoms with E-state index in [1.807, 2.05) is 41.8 Å². The molecular formula is C19H19NO4S. The molecule has 0 radical (unpaired) electrons. The van der Waals surface area contributed by atoms with Crippen LogP contribution in [0.3, 0.4) is 0 Å². The monoisotopic (exact) mass is 357 g/mol. The van der Waals surface area contributed by atoms with Gasteiger partial charge in [-0.25, -0.2) is 4.98 Å². The molecule has 0 bridgehead atoms. The van der Waals surface area contributed by atoms with E-state index < -0.39 is 0 Å². The van der Waals surface area contributed by atoms with E-state index >= 15 is 0 Å². The molecule has 0 fully saturated rings. The lowest BCUT2D eigenvalue weighted by molar-refractivity contribution is 0.355. The van der Waals surface area contributed by atoms with Crippen molar-refractivity contribution in [2.45, 2.75) is 0 Å². The Hall–Kier alpha value is -2.73. The molecule has 0 unspecified atom stereocenters. The zero-order chi connectivity index (χ0) is 17.8. The highest BCUT2D eigenvalue weighted by molar-refractivity contribution is 7.13. The van der Waals surface area contributed by atoms with Gasteiger partial charge in [0.1, 0.15) is 16.5 Å². The molecule has 2 aromatic carbocycles. The van der Waals surface area contributed by atoms with Crippen LogP contribution in [0.15, 0.2) is 41.8 Å². The third-order valence-corrected chi connectivity index (χ3v) is 4.71. The van der Waals surface area contributed by atoms with Crippen molar-refractivity contribution in [1.29, 1.82) is 0 Å². The largest absolute Gasteiger partial charge is 0.497 e. The summed E-state index contributed by atoms with van der Waals surface area (Å²) in [6.07, 6.45) is 0. The van der Waals surface area contributed by atoms with E-state index in [2.05, 4.69) is 0 Å². The van der Waals surface area contributed by atoms with Crippen LogP contribution < -0.4 is 18.9 Å². The average Bonchev–Trinajstić information content (AvgIpc) is 3.16. The molecule has 0 saturated carbocycles. The van der Waals surface area contributed by atoms with Gasteiger partial charge in [0.2, 0.25) is 0 Å². The summed E-state index contributed by atoms with van der Waals surface area (Å²) in [5.74, 6) is 2.88. The molecule has 0 amide bonds. The summed E-state index contributed by atoms with van der Waals surface area (Å²) in [6, 6.07) is 11.4. The smallest absolute Gasteiger partial charge is 0.161 e. The van der Waals surface area contributed by atoms with E-state index in [9.17, 15) is 0 Å². The van der Waals surface area contributed by atoms with Crippen molar-refractivity contribution >= 4 is 11.3 Å². The molecule has 3 rings (SSSR count). The van der Waals surface area contributed by atoms with Crippen molar-refractivity contribution in [2.75, 3.05) is 28.4 Å². The fourth-order valence-electron chi connectivity index (χ4n) is 2.51. The quantitative estimate of drug-likeness (QED) is 0.649. The topological polar surface area (TPSA) is 49.8 Å². The van der Waals surface area contributed by atoms with Crippen molar-refractivity contribution in [3.8, 4) is 44.8 Å². The SMILES string of the molecule is COc1ccc(OC)c(-c2csc(-c3ccc(OC)c(OC)c3)n2)c1. The van der Waals surface area contributed by atoms with Crippen LogP contribution in [0, 0.1) is 0 Å². The second-order valence-corrected chi connectivity index (χ2v) is 6.03. The van der Waals surface area contributed by atoms with Crippen molar-refractivity contribution in [2.24, 2.45) is 0 Å². The summed E-state index contributed by atoms with van der Waals surface area (Å²) in [5.41, 5.74) is 2.70. The minimum Gasteiger partial charge on any atom is -0.497 e. The Morgan fingerprint density at radius 2 is 1.48 bits per heavy atom. The van der Waals surface area contributed by atoms with Crippen molar-refractivity contribution in [3.63, 3.8) is 0 Å². The van der Waals surface area contributed by atoms with Crippen LogP contribution in [0.1, 0.15) is 0 Å². The molecule has 6 heteroatoms. The average molecular weight is 357 g/mol. The molecule has 0 aliphatic rings. The van der Waals surface area contributed by atoms with Crippen LogP contribution in [-0.4, -0.2) is 33.4 Å². The predicted octanol–water partition coefficient (Wildman–Crippen LogP) is 4.51. The Labute approximate surface area is 150 Å². The van der Waals surface area contributed by atoms with Gasteiger partial charge in [-0.1, -0.05) is 0 Å². The highest BCUT2D eigenvalue weighted by atomic mass is 32.1. The van der Waals surface area contributed by atoms with Gasteiger partial charge in [-0.15, -0.1) is 11.3 Å². The van der Waals surface area contributed by atoms with Crippen molar-refractivity contribution < 1.29 is 18.9 Å². The lowest BCUT2D eigenvalue weighted by Crippen LogP contribution is -1.91. The molecule has 1 heterocycles. The fraction of sp³-hybridized carbons (Fsp3) is 0.211. The standard InChI is InChI=1S/C19H19NO4S/c1-21-13-6-8-16(22-2)14(10-13)15-11-25-19(20-15)12-5-7-17(23-3)18(9-12)24-4/h5-11H,1-4H3. The zero-order valence-electron chi connectivity index (χ0n) is 14.5. The van der Waals surface area contributed by atoms with E-state index in [4.69, 9.17) is 23.9 Å². The van der Waals surface area contributed by atoms with E-state index in [1.54, 1.807) is 39.8 Å². The summed E-state index contributed by atoms with van der Waals surface area (Å²) >= 11 is 1.56. The van der Waals surface area contributed by atoms with Gasteiger partial charge in [0.25, 0.3) is 0 Å². The van der Waals surface area contributed by atoms with Crippen LogP contribution in [-0.2, 0) is 0 Å². The van der Waals surface area contributed by atoms with Gasteiger partial charge in [0.05, 0.1) is 34.1 Å². The van der Waals surface area contributed by atoms with E-state index in [0.717, 1.165) is 33.3 Å². The second kappa shape index (κ2) is 7.44. The Balaban J connectivity index is 2.01. The Kier molecular flexibility index (Phi) is 5.09. The molecule has 3 aromatic rings. The molecule has 0 aliphatic heterocycles. The number of aromatic nitrogens is 1. The Morgan fingerprint density at radius 3 is 2.16 bits per heavy atom. The van der Waals surface area contributed by atoms with Gasteiger partial charge in [-0.2, -0.15) is 0 Å². The Morgan fingerprint density at radius 1 is 0.760 bits per heavy atom. The number of thiazole rings is 1. The second-order valence-electron chi connectivity index (χ2n) is 5.17. The third kappa shape index (κ3) is 3.39. The highest BCUT2D eigenvalue weighted by Gasteiger charge is 2.14. The number of nitrogens with zero attached hydrogens (tertiary/aromatic N) is 1. The molecule has 1 aromatic heterocycles. The number of methoxy groups -OCH3 is 4. The first-order valence-electron chi connectivity index (χ1n) is 7.60. The van der Waals surface area contributed by atoms with Crippen LogP contribution in [0.4, 0.5) is 0 Å². The van der Waals surface area contributed by atoms with Crippen LogP contribution in [0.25, 0.3) is 21.8 Å². The van der Waals surface area contributed by atoms with Gasteiger partial charge in [0, 0.05) is 16.5 Å². The van der Waals surface area contributed by atoms with Gasteiger partial charge in [-0.05, 0) is 36.4 Å². The zero-order valence-corrected chi connectivity index (χ0v) is 15.3. The number of hydrogen-bond acceptors (Lipinski definition) is 6. The molecule has 0 aliphatic carbocycles. The molecule has 5 nitrogen and oxygen atoms in total. The normalized spacial score (nSPS) is 10.4. The van der Waals surface area contributed by atoms with Gasteiger partial charge in [0.15, 0.2) is 11.5 Å². The molecule has 25 heavy (non-hydrogen) atoms. The Bertz CT molecular complexity index is 876. The summed E-state index contributed by atoms with van der Waals surface area (Å²) in [7, 11) is 6.53. The summed E-state index contributed by atoms with van der Waals surface area (Å²) in [6.45, 7) is 0. The highest BCUT2D eigenvalue weighted by Crippen LogP contribution is 2.38. The minimum absolute atomic E-state index is 0.677. The van der Waals surface area contributed by atoms with Crippen LogP contribution in [0.2, 0.25) is 0 Å². The van der Waals surface area contributed by atoms with Gasteiger partial charge < -0.3 is 18.9 Å². The third-order valence-electron chi connectivity index (χ3n) is 3.82. The summed E-state index contributed by atoms with van der Waals surface area (Å²) < 4.78 is 21.4. The number of ether oxygens (including phenoxy) is 4. The fourth-order valence-corrected chi connectivity index (χ4v) is 3.33. The van der Waals surface area contributed by atoms with Crippen molar-refractivity contribution in [3.05, 3.63) is 41.8 Å². The number of benzene rings is 2. The first-order chi connectivity index (χ1) is 12.2. The summed E-state index contributed by atoms with van der Waals surface area (Å²) in [5, 5.41) is 2.89. The van der Waals surface area contributed by atoms with Crippen LogP contribution >= 0.6 is 11.3 Å². The van der Waals surface area contributed by atoms with E-state index in [1.165, 1.54) is 0 Å². The molecule has 0 atom stereocenters. The predicted molar refractivity (Wildman–Crippen MR) is 99.2 cm³/mol. The molecular weight excluding hydrogens is 338 g/mol. The molecule has 130 valence electrons. The van der Waals surface area contributed by atoms with E-state index in [0.29, 0.717) is 11.5 Å². The maximum atomic E-state index is 5.45.